The van der Waals surface area contributed by atoms with Crippen molar-refractivity contribution in [3.63, 3.8) is 0 Å². The Balaban J connectivity index is 1.97. The van der Waals surface area contributed by atoms with E-state index in [1.54, 1.807) is 11.4 Å². The molecule has 3 atom stereocenters. The van der Waals surface area contributed by atoms with Crippen LogP contribution in [-0.2, 0) is 14.9 Å². The predicted octanol–water partition coefficient (Wildman–Crippen LogP) is 0.567. The van der Waals surface area contributed by atoms with E-state index in [2.05, 4.69) is 23.9 Å². The van der Waals surface area contributed by atoms with Gasteiger partial charge in [-0.2, -0.15) is 12.7 Å². The molecule has 2 aliphatic rings. The van der Waals surface area contributed by atoms with E-state index in [1.165, 1.54) is 0 Å². The van der Waals surface area contributed by atoms with Gasteiger partial charge in [0.25, 0.3) is 10.2 Å². The average molecular weight is 319 g/mol. The number of hydrogen-bond donors (Lipinski definition) is 2. The van der Waals surface area contributed by atoms with Crippen LogP contribution in [-0.4, -0.2) is 58.2 Å². The van der Waals surface area contributed by atoms with Gasteiger partial charge >= 0.3 is 0 Å². The fourth-order valence-corrected chi connectivity index (χ4v) is 5.14. The van der Waals surface area contributed by atoms with Crippen LogP contribution in [0.15, 0.2) is 0 Å². The fourth-order valence-electron chi connectivity index (χ4n) is 3.59. The van der Waals surface area contributed by atoms with E-state index >= 15 is 0 Å². The molecule has 0 aliphatic carbocycles. The zero-order chi connectivity index (χ0) is 15.5. The van der Waals surface area contributed by atoms with Crippen LogP contribution in [0.25, 0.3) is 0 Å². The highest BCUT2D eigenvalue weighted by Crippen LogP contribution is 2.23. The minimum absolute atomic E-state index is 0.255. The van der Waals surface area contributed by atoms with E-state index in [0.29, 0.717) is 38.1 Å². The molecule has 2 heterocycles. The predicted molar refractivity (Wildman–Crippen MR) is 83.3 cm³/mol. The van der Waals surface area contributed by atoms with Crippen molar-refractivity contribution < 1.29 is 13.2 Å². The molecule has 0 aromatic carbocycles. The summed E-state index contributed by atoms with van der Waals surface area (Å²) in [5, 5.41) is 3.39. The maximum absolute atomic E-state index is 12.5. The quantitative estimate of drug-likeness (QED) is 0.751. The SMILES string of the molecule is COCC1(CNS(=O)(=O)N2CC(C)CC(C)C2)CCCN1. The molecule has 2 N–H and O–H groups in total. The molecule has 2 rings (SSSR count). The standard InChI is InChI=1S/C14H29N3O3S/c1-12-7-13(2)9-17(8-12)21(18,19)16-10-14(11-20-3)5-4-6-15-14/h12-13,15-16H,4-11H2,1-3H3. The molecule has 0 bridgehead atoms. The summed E-state index contributed by atoms with van der Waals surface area (Å²) in [6.07, 6.45) is 3.10. The molecular weight excluding hydrogens is 290 g/mol. The third-order valence-electron chi connectivity index (χ3n) is 4.52. The second kappa shape index (κ2) is 6.91. The van der Waals surface area contributed by atoms with Crippen molar-refractivity contribution >= 4 is 10.2 Å². The van der Waals surface area contributed by atoms with Crippen LogP contribution < -0.4 is 10.0 Å². The number of methoxy groups -OCH3 is 1. The van der Waals surface area contributed by atoms with Crippen molar-refractivity contribution in [1.29, 1.82) is 0 Å². The largest absolute Gasteiger partial charge is 0.383 e. The normalized spacial score (nSPS) is 35.2. The summed E-state index contributed by atoms with van der Waals surface area (Å²) in [6.45, 7) is 7.30. The molecule has 21 heavy (non-hydrogen) atoms. The van der Waals surface area contributed by atoms with Crippen LogP contribution >= 0.6 is 0 Å². The minimum Gasteiger partial charge on any atom is -0.383 e. The lowest BCUT2D eigenvalue weighted by atomic mass is 9.94. The summed E-state index contributed by atoms with van der Waals surface area (Å²) >= 11 is 0. The van der Waals surface area contributed by atoms with E-state index in [1.807, 2.05) is 0 Å². The van der Waals surface area contributed by atoms with Crippen molar-refractivity contribution in [2.45, 2.75) is 38.6 Å². The topological polar surface area (TPSA) is 70.7 Å². The van der Waals surface area contributed by atoms with Crippen LogP contribution in [0, 0.1) is 11.8 Å². The third kappa shape index (κ3) is 4.39. The maximum atomic E-state index is 12.5. The van der Waals surface area contributed by atoms with Crippen LogP contribution in [0.4, 0.5) is 0 Å². The monoisotopic (exact) mass is 319 g/mol. The van der Waals surface area contributed by atoms with Gasteiger partial charge in [-0.1, -0.05) is 13.8 Å². The Morgan fingerprint density at radius 3 is 2.52 bits per heavy atom. The highest BCUT2D eigenvalue weighted by Gasteiger charge is 2.37. The van der Waals surface area contributed by atoms with E-state index in [0.717, 1.165) is 25.8 Å². The number of nitrogens with one attached hydrogen (secondary N) is 2. The zero-order valence-corrected chi connectivity index (χ0v) is 14.2. The van der Waals surface area contributed by atoms with E-state index in [4.69, 9.17) is 4.74 Å². The Kier molecular flexibility index (Phi) is 5.65. The van der Waals surface area contributed by atoms with E-state index in [9.17, 15) is 8.42 Å². The summed E-state index contributed by atoms with van der Waals surface area (Å²) in [5.74, 6) is 0.839. The number of piperidine rings is 1. The number of rotatable bonds is 6. The third-order valence-corrected chi connectivity index (χ3v) is 6.01. The first-order valence-corrected chi connectivity index (χ1v) is 9.29. The summed E-state index contributed by atoms with van der Waals surface area (Å²) in [5.41, 5.74) is -0.255. The molecule has 3 unspecified atom stereocenters. The van der Waals surface area contributed by atoms with E-state index in [-0.39, 0.29) is 5.54 Å². The van der Waals surface area contributed by atoms with Crippen LogP contribution in [0.3, 0.4) is 0 Å². The Morgan fingerprint density at radius 2 is 2.00 bits per heavy atom. The van der Waals surface area contributed by atoms with Crippen LogP contribution in [0.1, 0.15) is 33.1 Å². The molecule has 124 valence electrons. The van der Waals surface area contributed by atoms with Crippen molar-refractivity contribution in [3.05, 3.63) is 0 Å². The molecule has 2 saturated heterocycles. The van der Waals surface area contributed by atoms with E-state index < -0.39 is 10.2 Å². The average Bonchev–Trinajstić information content (AvgIpc) is 2.85. The van der Waals surface area contributed by atoms with Gasteiger partial charge < -0.3 is 10.1 Å². The van der Waals surface area contributed by atoms with Crippen molar-refractivity contribution in [3.8, 4) is 0 Å². The van der Waals surface area contributed by atoms with Gasteiger partial charge in [0.1, 0.15) is 0 Å². The Bertz CT molecular complexity index is 425. The van der Waals surface area contributed by atoms with Gasteiger partial charge in [0.15, 0.2) is 0 Å². The summed E-state index contributed by atoms with van der Waals surface area (Å²) in [4.78, 5) is 0. The van der Waals surface area contributed by atoms with Gasteiger partial charge in [0.05, 0.1) is 12.1 Å². The van der Waals surface area contributed by atoms with Gasteiger partial charge in [0.2, 0.25) is 0 Å². The molecule has 2 aliphatic heterocycles. The summed E-state index contributed by atoms with van der Waals surface area (Å²) in [6, 6.07) is 0. The maximum Gasteiger partial charge on any atom is 0.279 e. The minimum atomic E-state index is -3.41. The lowest BCUT2D eigenvalue weighted by Crippen LogP contribution is -2.56. The molecule has 0 radical (unpaired) electrons. The van der Waals surface area contributed by atoms with Gasteiger partial charge in [-0.3, -0.25) is 0 Å². The molecule has 0 saturated carbocycles. The molecule has 0 amide bonds. The Morgan fingerprint density at radius 1 is 1.33 bits per heavy atom. The molecule has 0 aromatic rings. The first-order chi connectivity index (χ1) is 9.87. The van der Waals surface area contributed by atoms with Crippen LogP contribution in [0.2, 0.25) is 0 Å². The van der Waals surface area contributed by atoms with Gasteiger partial charge in [-0.05, 0) is 37.6 Å². The lowest BCUT2D eigenvalue weighted by molar-refractivity contribution is 0.121. The highest BCUT2D eigenvalue weighted by atomic mass is 32.2. The number of ether oxygens (including phenoxy) is 1. The van der Waals surface area contributed by atoms with Gasteiger partial charge in [-0.25, -0.2) is 4.72 Å². The molecule has 7 heteroatoms. The lowest BCUT2D eigenvalue weighted by Gasteiger charge is -2.35. The zero-order valence-electron chi connectivity index (χ0n) is 13.4. The van der Waals surface area contributed by atoms with Crippen molar-refractivity contribution in [2.24, 2.45) is 11.8 Å². The molecule has 0 spiro atoms. The Hall–Kier alpha value is -0.210. The summed E-state index contributed by atoms with van der Waals surface area (Å²) in [7, 11) is -1.75. The second-order valence-electron chi connectivity index (χ2n) is 6.83. The molecule has 2 fully saturated rings. The van der Waals surface area contributed by atoms with Gasteiger partial charge in [0, 0.05) is 26.7 Å². The van der Waals surface area contributed by atoms with Gasteiger partial charge in [-0.15, -0.1) is 0 Å². The second-order valence-corrected chi connectivity index (χ2v) is 8.59. The Labute approximate surface area is 128 Å². The first-order valence-electron chi connectivity index (χ1n) is 7.85. The smallest absolute Gasteiger partial charge is 0.279 e. The summed E-state index contributed by atoms with van der Waals surface area (Å²) < 4.78 is 34.7. The molecular formula is C14H29N3O3S. The fraction of sp³-hybridized carbons (Fsp3) is 1.00. The first kappa shape index (κ1) is 17.1. The number of nitrogens with zero attached hydrogens (tertiary/aromatic N) is 1. The molecule has 0 aromatic heterocycles. The molecule has 6 nitrogen and oxygen atoms in total. The highest BCUT2D eigenvalue weighted by molar-refractivity contribution is 7.87. The number of hydrogen-bond acceptors (Lipinski definition) is 4. The van der Waals surface area contributed by atoms with Crippen molar-refractivity contribution in [2.75, 3.05) is 39.9 Å². The van der Waals surface area contributed by atoms with Crippen LogP contribution in [0.5, 0.6) is 0 Å². The van der Waals surface area contributed by atoms with Crippen molar-refractivity contribution in [1.82, 2.24) is 14.3 Å².